The molecule has 5 nitrogen and oxygen atoms in total. The lowest BCUT2D eigenvalue weighted by Crippen LogP contribution is -2.17. The molecule has 0 aliphatic carbocycles. The van der Waals surface area contributed by atoms with Crippen molar-refractivity contribution in [1.29, 1.82) is 0 Å². The lowest BCUT2D eigenvalue weighted by molar-refractivity contribution is 0.693. The number of hydrogen-bond donors (Lipinski definition) is 4. The van der Waals surface area contributed by atoms with Crippen LogP contribution in [0, 0.1) is 0 Å². The van der Waals surface area contributed by atoms with Crippen molar-refractivity contribution in [2.45, 2.75) is 6.04 Å². The SMILES string of the molecule is CNC(c1ccc(N)cc1)c1ccc2[nH]c(=O)[nH]c2c1. The molecule has 2 aromatic carbocycles. The zero-order valence-electron chi connectivity index (χ0n) is 11.1. The van der Waals surface area contributed by atoms with Crippen molar-refractivity contribution in [3.63, 3.8) is 0 Å². The number of imidazole rings is 1. The van der Waals surface area contributed by atoms with Crippen molar-refractivity contribution >= 4 is 16.7 Å². The predicted octanol–water partition coefficient (Wildman–Crippen LogP) is 1.75. The smallest absolute Gasteiger partial charge is 0.323 e. The Morgan fingerprint density at radius 3 is 2.35 bits per heavy atom. The topological polar surface area (TPSA) is 86.7 Å². The molecule has 5 N–H and O–H groups in total. The van der Waals surface area contributed by atoms with Crippen LogP contribution in [0.1, 0.15) is 17.2 Å². The fourth-order valence-corrected chi connectivity index (χ4v) is 2.44. The van der Waals surface area contributed by atoms with Gasteiger partial charge >= 0.3 is 5.69 Å². The summed E-state index contributed by atoms with van der Waals surface area (Å²) in [6.45, 7) is 0. The zero-order valence-corrected chi connectivity index (χ0v) is 11.1. The first-order chi connectivity index (χ1) is 9.67. The molecule has 1 heterocycles. The van der Waals surface area contributed by atoms with Crippen LogP contribution in [0.5, 0.6) is 0 Å². The van der Waals surface area contributed by atoms with Gasteiger partial charge in [-0.15, -0.1) is 0 Å². The Labute approximate surface area is 115 Å². The van der Waals surface area contributed by atoms with Gasteiger partial charge in [-0.2, -0.15) is 0 Å². The van der Waals surface area contributed by atoms with Gasteiger partial charge in [-0.25, -0.2) is 4.79 Å². The molecule has 0 bridgehead atoms. The van der Waals surface area contributed by atoms with E-state index in [9.17, 15) is 4.79 Å². The maximum atomic E-state index is 11.3. The van der Waals surface area contributed by atoms with Crippen LogP contribution in [0.3, 0.4) is 0 Å². The summed E-state index contributed by atoms with van der Waals surface area (Å²) >= 11 is 0. The first kappa shape index (κ1) is 12.5. The Kier molecular flexibility index (Phi) is 3.04. The van der Waals surface area contributed by atoms with Crippen molar-refractivity contribution in [2.24, 2.45) is 0 Å². The van der Waals surface area contributed by atoms with E-state index in [2.05, 4.69) is 15.3 Å². The van der Waals surface area contributed by atoms with Gasteiger partial charge in [0.1, 0.15) is 0 Å². The van der Waals surface area contributed by atoms with Crippen LogP contribution in [0.25, 0.3) is 11.0 Å². The number of nitrogens with two attached hydrogens (primary N) is 1. The highest BCUT2D eigenvalue weighted by atomic mass is 16.1. The average molecular weight is 268 g/mol. The van der Waals surface area contributed by atoms with Crippen molar-refractivity contribution in [2.75, 3.05) is 12.8 Å². The third-order valence-electron chi connectivity index (χ3n) is 3.43. The molecular weight excluding hydrogens is 252 g/mol. The second-order valence-electron chi connectivity index (χ2n) is 4.77. The second kappa shape index (κ2) is 4.86. The fraction of sp³-hybridized carbons (Fsp3) is 0.133. The molecular formula is C15H16N4O. The van der Waals surface area contributed by atoms with Crippen LogP contribution in [0.2, 0.25) is 0 Å². The minimum atomic E-state index is -0.189. The number of aromatic nitrogens is 2. The third-order valence-corrected chi connectivity index (χ3v) is 3.43. The third kappa shape index (κ3) is 2.19. The Bertz CT molecular complexity index is 785. The summed E-state index contributed by atoms with van der Waals surface area (Å²) in [5.41, 5.74) is 10.1. The summed E-state index contributed by atoms with van der Waals surface area (Å²) in [6.07, 6.45) is 0. The summed E-state index contributed by atoms with van der Waals surface area (Å²) in [6, 6.07) is 13.7. The monoisotopic (exact) mass is 268 g/mol. The number of hydrogen-bond acceptors (Lipinski definition) is 3. The molecule has 1 atom stereocenters. The highest BCUT2D eigenvalue weighted by Crippen LogP contribution is 2.24. The van der Waals surface area contributed by atoms with Crippen LogP contribution < -0.4 is 16.7 Å². The van der Waals surface area contributed by atoms with Crippen molar-refractivity contribution in [3.8, 4) is 0 Å². The molecule has 102 valence electrons. The highest BCUT2D eigenvalue weighted by molar-refractivity contribution is 5.75. The molecule has 0 amide bonds. The standard InChI is InChI=1S/C15H16N4O/c1-17-14(9-2-5-11(16)6-3-9)10-4-7-12-13(8-10)19-15(20)18-12/h2-8,14,17H,16H2,1H3,(H2,18,19,20). The first-order valence-corrected chi connectivity index (χ1v) is 6.42. The molecule has 3 aromatic rings. The second-order valence-corrected chi connectivity index (χ2v) is 4.77. The predicted molar refractivity (Wildman–Crippen MR) is 80.7 cm³/mol. The van der Waals surface area contributed by atoms with Gasteiger partial charge in [0, 0.05) is 5.69 Å². The van der Waals surface area contributed by atoms with E-state index in [1.54, 1.807) is 0 Å². The number of fused-ring (bicyclic) bond motifs is 1. The van der Waals surface area contributed by atoms with E-state index in [-0.39, 0.29) is 11.7 Å². The van der Waals surface area contributed by atoms with Crippen molar-refractivity contribution in [3.05, 3.63) is 64.1 Å². The van der Waals surface area contributed by atoms with Gasteiger partial charge in [0.2, 0.25) is 0 Å². The summed E-state index contributed by atoms with van der Waals surface area (Å²) in [4.78, 5) is 16.8. The number of H-pyrrole nitrogens is 2. The van der Waals surface area contributed by atoms with Gasteiger partial charge in [0.25, 0.3) is 0 Å². The first-order valence-electron chi connectivity index (χ1n) is 6.42. The van der Waals surface area contributed by atoms with Crippen LogP contribution in [0.4, 0.5) is 5.69 Å². The Morgan fingerprint density at radius 2 is 1.65 bits per heavy atom. The summed E-state index contributed by atoms with van der Waals surface area (Å²) in [7, 11) is 1.91. The lowest BCUT2D eigenvalue weighted by atomic mass is 9.98. The number of anilines is 1. The van der Waals surface area contributed by atoms with Gasteiger partial charge in [-0.3, -0.25) is 0 Å². The lowest BCUT2D eigenvalue weighted by Gasteiger charge is -2.17. The highest BCUT2D eigenvalue weighted by Gasteiger charge is 2.12. The molecule has 0 aliphatic rings. The Morgan fingerprint density at radius 1 is 1.00 bits per heavy atom. The van der Waals surface area contributed by atoms with E-state index in [0.717, 1.165) is 27.8 Å². The fourth-order valence-electron chi connectivity index (χ4n) is 2.44. The Hall–Kier alpha value is -2.53. The summed E-state index contributed by atoms with van der Waals surface area (Å²) in [5, 5.41) is 3.28. The molecule has 0 saturated carbocycles. The minimum Gasteiger partial charge on any atom is -0.399 e. The van der Waals surface area contributed by atoms with Crippen LogP contribution in [0.15, 0.2) is 47.3 Å². The van der Waals surface area contributed by atoms with Crippen LogP contribution >= 0.6 is 0 Å². The number of benzene rings is 2. The maximum absolute atomic E-state index is 11.3. The van der Waals surface area contributed by atoms with E-state index in [1.165, 1.54) is 0 Å². The van der Waals surface area contributed by atoms with E-state index in [1.807, 2.05) is 49.5 Å². The molecule has 0 saturated heterocycles. The molecule has 5 heteroatoms. The number of rotatable bonds is 3. The molecule has 1 aromatic heterocycles. The van der Waals surface area contributed by atoms with Crippen LogP contribution in [-0.4, -0.2) is 17.0 Å². The largest absolute Gasteiger partial charge is 0.399 e. The zero-order chi connectivity index (χ0) is 14.1. The molecule has 20 heavy (non-hydrogen) atoms. The Balaban J connectivity index is 2.06. The number of nitrogens with one attached hydrogen (secondary N) is 3. The van der Waals surface area contributed by atoms with Crippen LogP contribution in [-0.2, 0) is 0 Å². The molecule has 0 fully saturated rings. The van der Waals surface area contributed by atoms with Gasteiger partial charge < -0.3 is 21.0 Å². The average Bonchev–Trinajstić information content (AvgIpc) is 2.81. The number of aromatic amines is 2. The molecule has 3 rings (SSSR count). The van der Waals surface area contributed by atoms with E-state index < -0.39 is 0 Å². The summed E-state index contributed by atoms with van der Waals surface area (Å²) in [5.74, 6) is 0. The van der Waals surface area contributed by atoms with Crippen molar-refractivity contribution in [1.82, 2.24) is 15.3 Å². The van der Waals surface area contributed by atoms with E-state index in [0.29, 0.717) is 0 Å². The van der Waals surface area contributed by atoms with Gasteiger partial charge in [0.15, 0.2) is 0 Å². The molecule has 0 aliphatic heterocycles. The number of nitrogen functional groups attached to an aromatic ring is 1. The van der Waals surface area contributed by atoms with Gasteiger partial charge in [0.05, 0.1) is 17.1 Å². The molecule has 0 spiro atoms. The van der Waals surface area contributed by atoms with Gasteiger partial charge in [-0.05, 0) is 42.4 Å². The maximum Gasteiger partial charge on any atom is 0.323 e. The van der Waals surface area contributed by atoms with E-state index >= 15 is 0 Å². The molecule has 1 unspecified atom stereocenters. The van der Waals surface area contributed by atoms with E-state index in [4.69, 9.17) is 5.73 Å². The summed E-state index contributed by atoms with van der Waals surface area (Å²) < 4.78 is 0. The minimum absolute atomic E-state index is 0.0541. The quantitative estimate of drug-likeness (QED) is 0.546. The normalized spacial score (nSPS) is 12.7. The van der Waals surface area contributed by atoms with Crippen molar-refractivity contribution < 1.29 is 0 Å². The van der Waals surface area contributed by atoms with Gasteiger partial charge in [-0.1, -0.05) is 18.2 Å². The molecule has 0 radical (unpaired) electrons.